The van der Waals surface area contributed by atoms with E-state index in [0.717, 1.165) is 51.1 Å². The molecule has 0 unspecified atom stereocenters. The summed E-state index contributed by atoms with van der Waals surface area (Å²) in [5.41, 5.74) is 5.90. The van der Waals surface area contributed by atoms with Gasteiger partial charge in [0.15, 0.2) is 34.9 Å². The minimum atomic E-state index is -1.50. The largest absolute Gasteiger partial charge is 0.488 e. The maximum Gasteiger partial charge on any atom is 0.488 e. The first-order valence-corrected chi connectivity index (χ1v) is 19.3. The molecule has 59 heavy (non-hydrogen) atoms. The lowest BCUT2D eigenvalue weighted by atomic mass is 9.80. The summed E-state index contributed by atoms with van der Waals surface area (Å²) in [5, 5.41) is 18.6. The molecule has 2 aromatic heterocycles. The van der Waals surface area contributed by atoms with Gasteiger partial charge >= 0.3 is 7.12 Å². The summed E-state index contributed by atoms with van der Waals surface area (Å²) in [4.78, 5) is 28.0. The number of hydrogen-bond acceptors (Lipinski definition) is 9. The third-order valence-corrected chi connectivity index (χ3v) is 9.32. The fourth-order valence-electron chi connectivity index (χ4n) is 5.79. The van der Waals surface area contributed by atoms with Crippen LogP contribution in [-0.2, 0) is 4.74 Å². The summed E-state index contributed by atoms with van der Waals surface area (Å²) in [5.74, 6) is 3.72. The Labute approximate surface area is 355 Å². The van der Waals surface area contributed by atoms with Gasteiger partial charge in [-0.25, -0.2) is 29.9 Å². The molecule has 1 aliphatic rings. The summed E-state index contributed by atoms with van der Waals surface area (Å²) in [7, 11) is -1.50. The predicted octanol–water partition coefficient (Wildman–Crippen LogP) is 10.3. The highest BCUT2D eigenvalue weighted by Crippen LogP contribution is 2.26. The highest BCUT2D eigenvalue weighted by atomic mass is 79.9. The molecule has 3 heterocycles. The molecule has 1 saturated heterocycles. The van der Waals surface area contributed by atoms with Crippen LogP contribution in [0.25, 0.3) is 68.3 Å². The van der Waals surface area contributed by atoms with Crippen molar-refractivity contribution in [2.24, 2.45) is 0 Å². The van der Waals surface area contributed by atoms with Crippen molar-refractivity contribution in [2.75, 3.05) is 13.2 Å². The van der Waals surface area contributed by atoms with E-state index in [1.807, 2.05) is 146 Å². The molecule has 0 spiro atoms. The fourth-order valence-corrected chi connectivity index (χ4v) is 6.05. The summed E-state index contributed by atoms with van der Waals surface area (Å²) < 4.78 is 5.97. The molecular weight excluding hydrogens is 799 g/mol. The van der Waals surface area contributed by atoms with Crippen LogP contribution in [0, 0.1) is 0 Å². The highest BCUT2D eigenvalue weighted by molar-refractivity contribution is 9.10. The van der Waals surface area contributed by atoms with Crippen LogP contribution in [0.4, 0.5) is 0 Å². The van der Waals surface area contributed by atoms with E-state index in [2.05, 4.69) is 35.9 Å². The topological polar surface area (TPSA) is 127 Å². The van der Waals surface area contributed by atoms with Crippen molar-refractivity contribution < 1.29 is 14.8 Å². The number of halogens is 1. The van der Waals surface area contributed by atoms with Crippen LogP contribution in [0.5, 0.6) is 0 Å². The molecule has 11 heteroatoms. The second-order valence-electron chi connectivity index (χ2n) is 12.9. The third-order valence-electron chi connectivity index (χ3n) is 8.80. The molecule has 0 saturated carbocycles. The lowest BCUT2D eigenvalue weighted by Crippen LogP contribution is -2.29. The summed E-state index contributed by atoms with van der Waals surface area (Å²) in [6, 6.07) is 54.3. The molecule has 9 rings (SSSR count). The standard InChI is InChI=1S/C21H16BN3O2.C21H14BrN3.C4H8O.2CH4/c26-22(27)18-13-11-17(12-14-18)21-24-19(15-7-3-1-4-8-15)23-20(25-21)16-9-5-2-6-10-16;22-18-13-11-17(12-14-18)21-24-19(15-7-3-1-4-8-15)23-20(25-21)16-9-5-2-6-10-16;1-2-4-5-3-1;;/h1-14,26-27H;1-14H;1-4H2;2*1H4. The molecule has 0 amide bonds. The summed E-state index contributed by atoms with van der Waals surface area (Å²) in [6.45, 7) is 2.00. The molecule has 1 aliphatic heterocycles. The van der Waals surface area contributed by atoms with Crippen molar-refractivity contribution in [3.8, 4) is 68.3 Å². The Bertz CT molecular complexity index is 2340. The van der Waals surface area contributed by atoms with Gasteiger partial charge in [0, 0.05) is 51.1 Å². The van der Waals surface area contributed by atoms with Crippen molar-refractivity contribution in [1.29, 1.82) is 0 Å². The first kappa shape index (κ1) is 43.9. The number of benzene rings is 6. The van der Waals surface area contributed by atoms with Crippen LogP contribution >= 0.6 is 15.9 Å². The van der Waals surface area contributed by atoms with Gasteiger partial charge in [0.1, 0.15) is 0 Å². The molecule has 1 fully saturated rings. The Morgan fingerprint density at radius 2 is 0.627 bits per heavy atom. The van der Waals surface area contributed by atoms with Crippen molar-refractivity contribution in [3.63, 3.8) is 0 Å². The Morgan fingerprint density at radius 3 is 0.864 bits per heavy atom. The van der Waals surface area contributed by atoms with E-state index in [9.17, 15) is 10.0 Å². The van der Waals surface area contributed by atoms with Gasteiger partial charge < -0.3 is 14.8 Å². The number of aromatic nitrogens is 6. The molecule has 8 aromatic rings. The molecule has 0 radical (unpaired) electrons. The third kappa shape index (κ3) is 12.1. The Hall–Kier alpha value is -6.24. The Balaban J connectivity index is 0.000000195. The van der Waals surface area contributed by atoms with Crippen molar-refractivity contribution in [1.82, 2.24) is 29.9 Å². The van der Waals surface area contributed by atoms with E-state index < -0.39 is 7.12 Å². The first-order valence-electron chi connectivity index (χ1n) is 18.5. The van der Waals surface area contributed by atoms with E-state index in [0.29, 0.717) is 40.4 Å². The van der Waals surface area contributed by atoms with Crippen LogP contribution in [0.15, 0.2) is 174 Å². The van der Waals surface area contributed by atoms with Gasteiger partial charge in [-0.15, -0.1) is 0 Å². The van der Waals surface area contributed by atoms with Crippen molar-refractivity contribution >= 4 is 28.5 Å². The van der Waals surface area contributed by atoms with Gasteiger partial charge in [-0.3, -0.25) is 0 Å². The van der Waals surface area contributed by atoms with Gasteiger partial charge in [0.2, 0.25) is 0 Å². The van der Waals surface area contributed by atoms with Crippen LogP contribution in [0.1, 0.15) is 27.7 Å². The SMILES string of the molecule is Brc1ccc(-c2nc(-c3ccccc3)nc(-c3ccccc3)n2)cc1.C.C.C1CCOC1.OB(O)c1ccc(-c2nc(-c3ccccc3)nc(-c3ccccc3)n2)cc1. The van der Waals surface area contributed by atoms with Crippen LogP contribution in [0.2, 0.25) is 0 Å². The fraction of sp³-hybridized carbons (Fsp3) is 0.125. The quantitative estimate of drug-likeness (QED) is 0.151. The molecule has 9 nitrogen and oxygen atoms in total. The molecule has 296 valence electrons. The predicted molar refractivity (Wildman–Crippen MR) is 243 cm³/mol. The maximum atomic E-state index is 9.29. The van der Waals surface area contributed by atoms with E-state index in [1.165, 1.54) is 12.8 Å². The summed E-state index contributed by atoms with van der Waals surface area (Å²) >= 11 is 3.47. The first-order chi connectivity index (χ1) is 28.0. The van der Waals surface area contributed by atoms with E-state index in [4.69, 9.17) is 14.7 Å². The lowest BCUT2D eigenvalue weighted by Gasteiger charge is -2.08. The molecule has 0 aliphatic carbocycles. The Morgan fingerprint density at radius 1 is 0.373 bits per heavy atom. The second kappa shape index (κ2) is 22.1. The van der Waals surface area contributed by atoms with Gasteiger partial charge in [-0.05, 0) is 30.4 Å². The molecule has 2 N–H and O–H groups in total. The average molecular weight is 846 g/mol. The zero-order chi connectivity index (χ0) is 39.2. The highest BCUT2D eigenvalue weighted by Gasteiger charge is 2.15. The molecule has 0 atom stereocenters. The monoisotopic (exact) mass is 844 g/mol. The number of hydrogen-bond donors (Lipinski definition) is 2. The lowest BCUT2D eigenvalue weighted by molar-refractivity contribution is 0.198. The summed E-state index contributed by atoms with van der Waals surface area (Å²) in [6.07, 6.45) is 2.56. The maximum absolute atomic E-state index is 9.29. The second-order valence-corrected chi connectivity index (χ2v) is 13.8. The number of rotatable bonds is 7. The van der Waals surface area contributed by atoms with Crippen LogP contribution < -0.4 is 5.46 Å². The zero-order valence-electron chi connectivity index (χ0n) is 30.9. The van der Waals surface area contributed by atoms with E-state index in [-0.39, 0.29) is 14.9 Å². The van der Waals surface area contributed by atoms with Gasteiger partial charge in [-0.2, -0.15) is 0 Å². The zero-order valence-corrected chi connectivity index (χ0v) is 32.5. The van der Waals surface area contributed by atoms with Crippen LogP contribution in [-0.4, -0.2) is 60.3 Å². The van der Waals surface area contributed by atoms with Gasteiger partial charge in [0.05, 0.1) is 0 Å². The van der Waals surface area contributed by atoms with E-state index >= 15 is 0 Å². The molecule has 0 bridgehead atoms. The van der Waals surface area contributed by atoms with Gasteiger partial charge in [-0.1, -0.05) is 189 Å². The van der Waals surface area contributed by atoms with Crippen LogP contribution in [0.3, 0.4) is 0 Å². The number of nitrogens with zero attached hydrogens (tertiary/aromatic N) is 6. The Kier molecular flexibility index (Phi) is 16.4. The average Bonchev–Trinajstić information content (AvgIpc) is 3.89. The van der Waals surface area contributed by atoms with Gasteiger partial charge in [0.25, 0.3) is 0 Å². The smallest absolute Gasteiger partial charge is 0.423 e. The minimum Gasteiger partial charge on any atom is -0.423 e. The van der Waals surface area contributed by atoms with E-state index in [1.54, 1.807) is 24.3 Å². The molecule has 6 aromatic carbocycles. The normalized spacial score (nSPS) is 11.4. The minimum absolute atomic E-state index is 0. The molecular formula is C48H46BBrN6O3. The van der Waals surface area contributed by atoms with Crippen molar-refractivity contribution in [2.45, 2.75) is 27.7 Å². The van der Waals surface area contributed by atoms with Crippen molar-refractivity contribution in [3.05, 3.63) is 174 Å². The number of ether oxygens (including phenoxy) is 1.